The van der Waals surface area contributed by atoms with Gasteiger partial charge in [0.15, 0.2) is 11.5 Å². The maximum absolute atomic E-state index is 8.97. The largest absolute Gasteiger partial charge is 0.495 e. The molecular weight excluding hydrogens is 376 g/mol. The Labute approximate surface area is 126 Å². The number of ether oxygens (including phenoxy) is 1. The number of anilines is 2. The first-order valence-electron chi connectivity index (χ1n) is 5.17. The van der Waals surface area contributed by atoms with Gasteiger partial charge in [-0.1, -0.05) is 0 Å². The molecule has 0 bridgehead atoms. The van der Waals surface area contributed by atoms with E-state index < -0.39 is 0 Å². The Balaban J connectivity index is 2.41. The summed E-state index contributed by atoms with van der Waals surface area (Å²) in [5, 5.41) is 12.0. The highest BCUT2D eigenvalue weighted by molar-refractivity contribution is 9.11. The lowest BCUT2D eigenvalue weighted by Crippen LogP contribution is -1.99. The summed E-state index contributed by atoms with van der Waals surface area (Å²) >= 11 is 6.83. The van der Waals surface area contributed by atoms with Gasteiger partial charge in [0, 0.05) is 22.9 Å². The molecule has 0 aliphatic heterocycles. The second kappa shape index (κ2) is 5.99. The van der Waals surface area contributed by atoms with Gasteiger partial charge in [-0.15, -0.1) is 0 Å². The molecule has 1 aromatic carbocycles. The number of nitrogens with zero attached hydrogens (tertiary/aromatic N) is 3. The predicted octanol–water partition coefficient (Wildman–Crippen LogP) is 3.63. The minimum atomic E-state index is 0.233. The zero-order valence-electron chi connectivity index (χ0n) is 9.82. The number of rotatable bonds is 3. The number of hydrogen-bond donors (Lipinski definition) is 1. The van der Waals surface area contributed by atoms with Gasteiger partial charge in [-0.25, -0.2) is 9.97 Å². The van der Waals surface area contributed by atoms with E-state index in [0.717, 1.165) is 14.6 Å². The topological polar surface area (TPSA) is 70.8 Å². The van der Waals surface area contributed by atoms with Gasteiger partial charge in [0.25, 0.3) is 0 Å². The van der Waals surface area contributed by atoms with Crippen LogP contribution in [0.5, 0.6) is 5.75 Å². The van der Waals surface area contributed by atoms with Crippen molar-refractivity contribution in [3.63, 3.8) is 0 Å². The lowest BCUT2D eigenvalue weighted by atomic mass is 10.3. The lowest BCUT2D eigenvalue weighted by Gasteiger charge is -2.11. The van der Waals surface area contributed by atoms with Gasteiger partial charge in [-0.2, -0.15) is 5.26 Å². The van der Waals surface area contributed by atoms with E-state index in [1.807, 2.05) is 12.1 Å². The highest BCUT2D eigenvalue weighted by Gasteiger charge is 2.10. The van der Waals surface area contributed by atoms with Gasteiger partial charge in [0.1, 0.15) is 11.8 Å². The van der Waals surface area contributed by atoms with Crippen molar-refractivity contribution < 1.29 is 4.74 Å². The quantitative estimate of drug-likeness (QED) is 0.876. The zero-order valence-corrected chi connectivity index (χ0v) is 13.0. The predicted molar refractivity (Wildman–Crippen MR) is 78.4 cm³/mol. The second-order valence-corrected chi connectivity index (χ2v) is 5.17. The number of methoxy groups -OCH3 is 1. The minimum absolute atomic E-state index is 0.233. The van der Waals surface area contributed by atoms with Gasteiger partial charge < -0.3 is 10.1 Å². The zero-order chi connectivity index (χ0) is 13.8. The Bertz CT molecular complexity index is 655. The highest BCUT2D eigenvalue weighted by Crippen LogP contribution is 2.35. The summed E-state index contributed by atoms with van der Waals surface area (Å²) in [5.41, 5.74) is 0.966. The average molecular weight is 384 g/mol. The van der Waals surface area contributed by atoms with Crippen LogP contribution >= 0.6 is 31.9 Å². The van der Waals surface area contributed by atoms with Crippen molar-refractivity contribution >= 4 is 43.4 Å². The van der Waals surface area contributed by atoms with Crippen LogP contribution in [-0.2, 0) is 0 Å². The maximum atomic E-state index is 8.97. The molecule has 0 atom stereocenters. The van der Waals surface area contributed by atoms with Gasteiger partial charge >= 0.3 is 0 Å². The van der Waals surface area contributed by atoms with Crippen molar-refractivity contribution in [2.45, 2.75) is 0 Å². The van der Waals surface area contributed by atoms with E-state index in [0.29, 0.717) is 11.6 Å². The van der Waals surface area contributed by atoms with Crippen molar-refractivity contribution in [2.24, 2.45) is 0 Å². The molecule has 0 aliphatic rings. The summed E-state index contributed by atoms with van der Waals surface area (Å²) in [6.45, 7) is 0. The molecule has 2 aromatic rings. The summed E-state index contributed by atoms with van der Waals surface area (Å²) in [7, 11) is 1.58. The van der Waals surface area contributed by atoms with E-state index in [2.05, 4.69) is 47.1 Å². The van der Waals surface area contributed by atoms with Gasteiger partial charge in [0.2, 0.25) is 0 Å². The number of hydrogen-bond acceptors (Lipinski definition) is 5. The number of nitriles is 1. The third-order valence-electron chi connectivity index (χ3n) is 2.30. The van der Waals surface area contributed by atoms with Crippen molar-refractivity contribution in [1.29, 1.82) is 5.26 Å². The molecule has 0 fully saturated rings. The van der Waals surface area contributed by atoms with Crippen LogP contribution in [0, 0.1) is 11.3 Å². The van der Waals surface area contributed by atoms with E-state index in [1.165, 1.54) is 12.4 Å². The third-order valence-corrected chi connectivity index (χ3v) is 3.57. The summed E-state index contributed by atoms with van der Waals surface area (Å²) < 4.78 is 6.87. The Morgan fingerprint density at radius 3 is 2.63 bits per heavy atom. The normalized spacial score (nSPS) is 9.79. The SMILES string of the molecule is COc1cc(Nc2nccnc2C#N)c(Br)cc1Br. The van der Waals surface area contributed by atoms with E-state index >= 15 is 0 Å². The number of halogens is 2. The Morgan fingerprint density at radius 2 is 1.95 bits per heavy atom. The standard InChI is InChI=1S/C12H8Br2N4O/c1-19-11-5-9(7(13)4-8(11)14)18-12-10(6-15)16-2-3-17-12/h2-5H,1H3,(H,17,18). The Hall–Kier alpha value is -1.65. The average Bonchev–Trinajstić information content (AvgIpc) is 2.42. The lowest BCUT2D eigenvalue weighted by molar-refractivity contribution is 0.412. The first-order chi connectivity index (χ1) is 9.15. The first kappa shape index (κ1) is 13.8. The molecule has 0 amide bonds. The molecule has 2 rings (SSSR count). The smallest absolute Gasteiger partial charge is 0.183 e. The molecular formula is C12H8Br2N4O. The molecule has 5 nitrogen and oxygen atoms in total. The first-order valence-corrected chi connectivity index (χ1v) is 6.75. The summed E-state index contributed by atoms with van der Waals surface area (Å²) in [6.07, 6.45) is 2.99. The molecule has 96 valence electrons. The molecule has 0 aliphatic carbocycles. The van der Waals surface area contributed by atoms with Gasteiger partial charge in [-0.3, -0.25) is 0 Å². The number of aromatic nitrogens is 2. The molecule has 0 unspecified atom stereocenters. The van der Waals surface area contributed by atoms with Crippen LogP contribution in [-0.4, -0.2) is 17.1 Å². The minimum Gasteiger partial charge on any atom is -0.495 e. The molecule has 7 heteroatoms. The van der Waals surface area contributed by atoms with Gasteiger partial charge in [-0.05, 0) is 37.9 Å². The number of benzene rings is 1. The summed E-state index contributed by atoms with van der Waals surface area (Å²) in [6, 6.07) is 5.63. The van der Waals surface area contributed by atoms with E-state index in [-0.39, 0.29) is 5.69 Å². The monoisotopic (exact) mass is 382 g/mol. The fourth-order valence-electron chi connectivity index (χ4n) is 1.42. The molecule has 19 heavy (non-hydrogen) atoms. The molecule has 1 heterocycles. The molecule has 0 radical (unpaired) electrons. The third kappa shape index (κ3) is 3.03. The molecule has 0 saturated heterocycles. The fraction of sp³-hybridized carbons (Fsp3) is 0.0833. The van der Waals surface area contributed by atoms with Crippen molar-refractivity contribution in [2.75, 3.05) is 12.4 Å². The van der Waals surface area contributed by atoms with Crippen LogP contribution in [0.3, 0.4) is 0 Å². The van der Waals surface area contributed by atoms with Crippen LogP contribution in [0.25, 0.3) is 0 Å². The Morgan fingerprint density at radius 1 is 1.21 bits per heavy atom. The Kier molecular flexibility index (Phi) is 4.35. The molecule has 0 spiro atoms. The summed E-state index contributed by atoms with van der Waals surface area (Å²) in [5.74, 6) is 1.07. The van der Waals surface area contributed by atoms with Crippen LogP contribution in [0.15, 0.2) is 33.5 Å². The molecule has 0 saturated carbocycles. The van der Waals surface area contributed by atoms with Crippen molar-refractivity contribution in [1.82, 2.24) is 9.97 Å². The van der Waals surface area contributed by atoms with Crippen LogP contribution in [0.1, 0.15) is 5.69 Å². The van der Waals surface area contributed by atoms with Gasteiger partial charge in [0.05, 0.1) is 17.3 Å². The van der Waals surface area contributed by atoms with E-state index in [1.54, 1.807) is 13.2 Å². The molecule has 1 aromatic heterocycles. The van der Waals surface area contributed by atoms with E-state index in [4.69, 9.17) is 10.00 Å². The van der Waals surface area contributed by atoms with Crippen molar-refractivity contribution in [3.8, 4) is 11.8 Å². The van der Waals surface area contributed by atoms with Crippen LogP contribution < -0.4 is 10.1 Å². The summed E-state index contributed by atoms with van der Waals surface area (Å²) in [4.78, 5) is 8.04. The van der Waals surface area contributed by atoms with E-state index in [9.17, 15) is 0 Å². The van der Waals surface area contributed by atoms with Crippen molar-refractivity contribution in [3.05, 3.63) is 39.2 Å². The maximum Gasteiger partial charge on any atom is 0.183 e. The van der Waals surface area contributed by atoms with Crippen LogP contribution in [0.4, 0.5) is 11.5 Å². The fourth-order valence-corrected chi connectivity index (χ4v) is 2.68. The highest BCUT2D eigenvalue weighted by atomic mass is 79.9. The second-order valence-electron chi connectivity index (χ2n) is 3.46. The van der Waals surface area contributed by atoms with Crippen LogP contribution in [0.2, 0.25) is 0 Å². The number of nitrogens with one attached hydrogen (secondary N) is 1. The molecule has 1 N–H and O–H groups in total.